The molecule has 0 bridgehead atoms. The van der Waals surface area contributed by atoms with E-state index >= 15 is 0 Å². The zero-order chi connectivity index (χ0) is 16.8. The standard InChI is InChI=1S/C17H18N4O2/c1-12(2)10-14(13-6-4-3-5-7-13)19-17-9-8-16(21(22)23)15(11-18)20-17/h3-9,12,14H,10H2,1-2H3,(H,19,20). The second kappa shape index (κ2) is 7.36. The molecule has 0 amide bonds. The van der Waals surface area contributed by atoms with Crippen LogP contribution in [0.5, 0.6) is 0 Å². The molecule has 0 fully saturated rings. The van der Waals surface area contributed by atoms with Crippen molar-refractivity contribution in [2.45, 2.75) is 26.3 Å². The summed E-state index contributed by atoms with van der Waals surface area (Å²) in [6, 6.07) is 14.6. The highest BCUT2D eigenvalue weighted by Gasteiger charge is 2.18. The fourth-order valence-electron chi connectivity index (χ4n) is 2.38. The summed E-state index contributed by atoms with van der Waals surface area (Å²) in [7, 11) is 0. The Kier molecular flexibility index (Phi) is 5.26. The van der Waals surface area contributed by atoms with Gasteiger partial charge in [0, 0.05) is 6.07 Å². The van der Waals surface area contributed by atoms with E-state index in [4.69, 9.17) is 5.26 Å². The van der Waals surface area contributed by atoms with Crippen molar-refractivity contribution < 1.29 is 4.92 Å². The highest BCUT2D eigenvalue weighted by atomic mass is 16.6. The van der Waals surface area contributed by atoms with Crippen LogP contribution in [0.2, 0.25) is 0 Å². The maximum atomic E-state index is 10.9. The molecule has 1 atom stereocenters. The summed E-state index contributed by atoms with van der Waals surface area (Å²) in [4.78, 5) is 14.3. The predicted molar refractivity (Wildman–Crippen MR) is 87.9 cm³/mol. The molecule has 0 aliphatic heterocycles. The lowest BCUT2D eigenvalue weighted by Crippen LogP contribution is -2.14. The highest BCUT2D eigenvalue weighted by Crippen LogP contribution is 2.26. The molecule has 0 aliphatic rings. The Bertz CT molecular complexity index is 723. The van der Waals surface area contributed by atoms with Gasteiger partial charge in [-0.1, -0.05) is 44.2 Å². The molecule has 1 aromatic heterocycles. The van der Waals surface area contributed by atoms with Crippen molar-refractivity contribution in [3.05, 3.63) is 63.8 Å². The topological polar surface area (TPSA) is 91.9 Å². The summed E-state index contributed by atoms with van der Waals surface area (Å²) in [5.41, 5.74) is 0.648. The summed E-state index contributed by atoms with van der Waals surface area (Å²) < 4.78 is 0. The first-order valence-electron chi connectivity index (χ1n) is 7.38. The van der Waals surface area contributed by atoms with Crippen LogP contribution >= 0.6 is 0 Å². The number of pyridine rings is 1. The molecule has 1 aromatic carbocycles. The van der Waals surface area contributed by atoms with Crippen molar-refractivity contribution in [3.63, 3.8) is 0 Å². The quantitative estimate of drug-likeness (QED) is 0.641. The first-order valence-corrected chi connectivity index (χ1v) is 7.38. The van der Waals surface area contributed by atoms with Crippen LogP contribution in [-0.2, 0) is 0 Å². The molecule has 0 saturated carbocycles. The van der Waals surface area contributed by atoms with Crippen LogP contribution in [0.25, 0.3) is 0 Å². The molecule has 1 heterocycles. The molecule has 23 heavy (non-hydrogen) atoms. The van der Waals surface area contributed by atoms with E-state index in [0.29, 0.717) is 11.7 Å². The van der Waals surface area contributed by atoms with Gasteiger partial charge in [-0.2, -0.15) is 5.26 Å². The third kappa shape index (κ3) is 4.27. The lowest BCUT2D eigenvalue weighted by molar-refractivity contribution is -0.385. The van der Waals surface area contributed by atoms with Crippen LogP contribution in [0.1, 0.15) is 37.6 Å². The van der Waals surface area contributed by atoms with Crippen molar-refractivity contribution in [2.24, 2.45) is 5.92 Å². The first kappa shape index (κ1) is 16.4. The van der Waals surface area contributed by atoms with Gasteiger partial charge in [-0.15, -0.1) is 0 Å². The molecule has 2 rings (SSSR count). The van der Waals surface area contributed by atoms with Gasteiger partial charge < -0.3 is 5.32 Å². The third-order valence-electron chi connectivity index (χ3n) is 3.41. The van der Waals surface area contributed by atoms with E-state index in [9.17, 15) is 10.1 Å². The van der Waals surface area contributed by atoms with Crippen molar-refractivity contribution >= 4 is 11.5 Å². The van der Waals surface area contributed by atoms with Crippen LogP contribution in [0.3, 0.4) is 0 Å². The van der Waals surface area contributed by atoms with E-state index in [0.717, 1.165) is 12.0 Å². The Hall–Kier alpha value is -2.94. The highest BCUT2D eigenvalue weighted by molar-refractivity contribution is 5.51. The van der Waals surface area contributed by atoms with E-state index < -0.39 is 4.92 Å². The molecular weight excluding hydrogens is 292 g/mol. The van der Waals surface area contributed by atoms with Crippen molar-refractivity contribution in [2.75, 3.05) is 5.32 Å². The van der Waals surface area contributed by atoms with Gasteiger partial charge in [-0.05, 0) is 24.0 Å². The summed E-state index contributed by atoms with van der Waals surface area (Å²) in [6.45, 7) is 4.25. The number of nitrogens with zero attached hydrogens (tertiary/aromatic N) is 3. The maximum Gasteiger partial charge on any atom is 0.305 e. The number of aromatic nitrogens is 1. The minimum atomic E-state index is -0.599. The molecule has 1 unspecified atom stereocenters. The monoisotopic (exact) mass is 310 g/mol. The largest absolute Gasteiger partial charge is 0.363 e. The van der Waals surface area contributed by atoms with Gasteiger partial charge in [-0.25, -0.2) is 4.98 Å². The predicted octanol–water partition coefficient (Wildman–Crippen LogP) is 4.06. The fraction of sp³-hybridized carbons (Fsp3) is 0.294. The number of nitrogens with one attached hydrogen (secondary N) is 1. The molecule has 0 saturated heterocycles. The average molecular weight is 310 g/mol. The summed E-state index contributed by atoms with van der Waals surface area (Å²) in [6.07, 6.45) is 0.880. The number of hydrogen-bond donors (Lipinski definition) is 1. The van der Waals surface area contributed by atoms with Gasteiger partial charge in [0.15, 0.2) is 0 Å². The second-order valence-corrected chi connectivity index (χ2v) is 5.67. The maximum absolute atomic E-state index is 10.9. The van der Waals surface area contributed by atoms with Gasteiger partial charge in [0.25, 0.3) is 0 Å². The van der Waals surface area contributed by atoms with E-state index in [1.54, 1.807) is 6.07 Å². The van der Waals surface area contributed by atoms with Gasteiger partial charge in [0.2, 0.25) is 5.69 Å². The third-order valence-corrected chi connectivity index (χ3v) is 3.41. The molecule has 6 nitrogen and oxygen atoms in total. The Balaban J connectivity index is 2.30. The Morgan fingerprint density at radius 3 is 2.52 bits per heavy atom. The molecular formula is C17H18N4O2. The van der Waals surface area contributed by atoms with Crippen LogP contribution in [0.4, 0.5) is 11.5 Å². The number of nitro groups is 1. The first-order chi connectivity index (χ1) is 11.0. The van der Waals surface area contributed by atoms with Crippen molar-refractivity contribution in [3.8, 4) is 6.07 Å². The SMILES string of the molecule is CC(C)CC(Nc1ccc([N+](=O)[O-])c(C#N)n1)c1ccccc1. The molecule has 0 aliphatic carbocycles. The smallest absolute Gasteiger partial charge is 0.305 e. The van der Waals surface area contributed by atoms with Crippen LogP contribution in [0, 0.1) is 27.4 Å². The summed E-state index contributed by atoms with van der Waals surface area (Å²) in [5.74, 6) is 0.919. The minimum absolute atomic E-state index is 0.0247. The van der Waals surface area contributed by atoms with Gasteiger partial charge in [-0.3, -0.25) is 10.1 Å². The zero-order valence-corrected chi connectivity index (χ0v) is 13.1. The summed E-state index contributed by atoms with van der Waals surface area (Å²) in [5, 5.41) is 23.2. The second-order valence-electron chi connectivity index (χ2n) is 5.67. The number of rotatable bonds is 6. The minimum Gasteiger partial charge on any atom is -0.363 e. The van der Waals surface area contributed by atoms with E-state index in [-0.39, 0.29) is 17.4 Å². The van der Waals surface area contributed by atoms with Gasteiger partial charge in [0.05, 0.1) is 11.0 Å². The summed E-state index contributed by atoms with van der Waals surface area (Å²) >= 11 is 0. The number of benzene rings is 1. The lowest BCUT2D eigenvalue weighted by atomic mass is 9.97. The van der Waals surface area contributed by atoms with E-state index in [2.05, 4.69) is 24.1 Å². The fourth-order valence-corrected chi connectivity index (χ4v) is 2.38. The number of hydrogen-bond acceptors (Lipinski definition) is 5. The zero-order valence-electron chi connectivity index (χ0n) is 13.1. The molecule has 6 heteroatoms. The van der Waals surface area contributed by atoms with Crippen LogP contribution in [-0.4, -0.2) is 9.91 Å². The van der Waals surface area contributed by atoms with Crippen molar-refractivity contribution in [1.82, 2.24) is 4.98 Å². The Morgan fingerprint density at radius 2 is 1.96 bits per heavy atom. The van der Waals surface area contributed by atoms with E-state index in [1.165, 1.54) is 12.1 Å². The normalized spacial score (nSPS) is 11.7. The molecule has 2 aromatic rings. The average Bonchev–Trinajstić information content (AvgIpc) is 2.54. The Morgan fingerprint density at radius 1 is 1.26 bits per heavy atom. The lowest BCUT2D eigenvalue weighted by Gasteiger charge is -2.21. The Labute approximate surface area is 134 Å². The number of nitriles is 1. The molecule has 1 N–H and O–H groups in total. The van der Waals surface area contributed by atoms with Gasteiger partial charge >= 0.3 is 5.69 Å². The number of anilines is 1. The van der Waals surface area contributed by atoms with Crippen LogP contribution in [0.15, 0.2) is 42.5 Å². The van der Waals surface area contributed by atoms with Gasteiger partial charge in [0.1, 0.15) is 11.9 Å². The molecule has 118 valence electrons. The molecule has 0 spiro atoms. The van der Waals surface area contributed by atoms with Crippen molar-refractivity contribution in [1.29, 1.82) is 5.26 Å². The van der Waals surface area contributed by atoms with Crippen LogP contribution < -0.4 is 5.32 Å². The van der Waals surface area contributed by atoms with E-state index in [1.807, 2.05) is 30.3 Å². The molecule has 0 radical (unpaired) electrons.